The summed E-state index contributed by atoms with van der Waals surface area (Å²) in [5.74, 6) is -0.218. The van der Waals surface area contributed by atoms with Gasteiger partial charge in [-0.3, -0.25) is 4.79 Å². The van der Waals surface area contributed by atoms with E-state index in [-0.39, 0.29) is 11.5 Å². The van der Waals surface area contributed by atoms with Gasteiger partial charge in [-0.2, -0.15) is 10.1 Å². The Morgan fingerprint density at radius 2 is 1.74 bits per heavy atom. The number of carbonyl (C=O) groups is 2. The third kappa shape index (κ3) is 3.73. The van der Waals surface area contributed by atoms with Crippen molar-refractivity contribution >= 4 is 35.0 Å². The number of hydrogen-bond donors (Lipinski definition) is 2. The van der Waals surface area contributed by atoms with Crippen LogP contribution in [0.25, 0.3) is 17.4 Å². The Kier molecular flexibility index (Phi) is 4.94. The number of nitrogens with zero attached hydrogens (tertiary/aromatic N) is 2. The number of carboxylic acids is 1. The highest BCUT2D eigenvalue weighted by Crippen LogP contribution is 2.32. The minimum atomic E-state index is -1.03. The van der Waals surface area contributed by atoms with Crippen LogP contribution in [0.5, 0.6) is 0 Å². The lowest BCUT2D eigenvalue weighted by molar-refractivity contribution is -0.114. The number of aromatic carboxylic acids is 1. The van der Waals surface area contributed by atoms with E-state index in [4.69, 9.17) is 15.3 Å². The molecule has 2 aromatic carbocycles. The van der Waals surface area contributed by atoms with Gasteiger partial charge < -0.3 is 15.3 Å². The number of nitrogens with two attached hydrogens (primary N) is 1. The lowest BCUT2D eigenvalue weighted by Crippen LogP contribution is -2.21. The summed E-state index contributed by atoms with van der Waals surface area (Å²) in [6.07, 6.45) is 1.65. The third-order valence-corrected chi connectivity index (χ3v) is 5.27. The summed E-state index contributed by atoms with van der Waals surface area (Å²) in [5.41, 5.74) is 11.4. The molecule has 1 aromatic heterocycles. The summed E-state index contributed by atoms with van der Waals surface area (Å²) in [6.45, 7) is 5.75. The average molecular weight is 415 g/mol. The van der Waals surface area contributed by atoms with E-state index >= 15 is 0 Å². The minimum Gasteiger partial charge on any atom is -0.478 e. The van der Waals surface area contributed by atoms with Gasteiger partial charge >= 0.3 is 5.97 Å². The van der Waals surface area contributed by atoms with Crippen LogP contribution in [0.4, 0.5) is 11.4 Å². The quantitative estimate of drug-likeness (QED) is 0.476. The highest BCUT2D eigenvalue weighted by molar-refractivity contribution is 6.32. The zero-order chi connectivity index (χ0) is 22.3. The first-order chi connectivity index (χ1) is 14.7. The van der Waals surface area contributed by atoms with Crippen molar-refractivity contribution in [1.82, 2.24) is 0 Å². The van der Waals surface area contributed by atoms with Gasteiger partial charge in [0.25, 0.3) is 5.91 Å². The minimum absolute atomic E-state index is 0.139. The van der Waals surface area contributed by atoms with E-state index in [0.717, 1.165) is 16.7 Å². The zero-order valence-corrected chi connectivity index (χ0v) is 17.3. The molecular formula is C24H21N3O4. The second kappa shape index (κ2) is 7.60. The number of carbonyl (C=O) groups excluding carboxylic acids is 1. The third-order valence-electron chi connectivity index (χ3n) is 5.27. The predicted octanol–water partition coefficient (Wildman–Crippen LogP) is 4.65. The number of hydrogen-bond acceptors (Lipinski definition) is 5. The van der Waals surface area contributed by atoms with E-state index in [2.05, 4.69) is 5.10 Å². The molecule has 0 atom stereocenters. The number of nitrogen functional groups attached to an aromatic ring is 1. The van der Waals surface area contributed by atoms with Gasteiger partial charge in [0.2, 0.25) is 0 Å². The van der Waals surface area contributed by atoms with Crippen molar-refractivity contribution in [2.75, 3.05) is 10.7 Å². The van der Waals surface area contributed by atoms with Crippen molar-refractivity contribution in [3.05, 3.63) is 76.6 Å². The first-order valence-electron chi connectivity index (χ1n) is 9.66. The maximum atomic E-state index is 12.9. The van der Waals surface area contributed by atoms with Crippen LogP contribution in [-0.4, -0.2) is 22.7 Å². The van der Waals surface area contributed by atoms with E-state index < -0.39 is 5.97 Å². The van der Waals surface area contributed by atoms with Crippen LogP contribution in [-0.2, 0) is 4.79 Å². The first kappa shape index (κ1) is 20.2. The standard InChI is InChI=1S/C24H21N3O4/c1-13-10-20(21(25)11-14(13)2)22-9-8-18(31-22)12-19-15(3)26-27(23(19)28)17-6-4-16(5-7-17)24(29)30/h4-12H,25H2,1-3H3,(H,29,30)/b19-12-. The summed E-state index contributed by atoms with van der Waals surface area (Å²) in [6, 6.07) is 13.5. The summed E-state index contributed by atoms with van der Waals surface area (Å²) in [7, 11) is 0. The molecule has 3 N–H and O–H groups in total. The average Bonchev–Trinajstić information content (AvgIpc) is 3.31. The number of hydrazone groups is 1. The fraction of sp³-hybridized carbons (Fsp3) is 0.125. The Hall–Kier alpha value is -4.13. The molecule has 0 spiro atoms. The second-order valence-electron chi connectivity index (χ2n) is 7.44. The Labute approximate surface area is 179 Å². The van der Waals surface area contributed by atoms with Crippen molar-refractivity contribution in [1.29, 1.82) is 0 Å². The lowest BCUT2D eigenvalue weighted by Gasteiger charge is -2.11. The molecule has 156 valence electrons. The predicted molar refractivity (Wildman–Crippen MR) is 120 cm³/mol. The summed E-state index contributed by atoms with van der Waals surface area (Å²) >= 11 is 0. The van der Waals surface area contributed by atoms with Gasteiger partial charge in [0.05, 0.1) is 22.5 Å². The molecule has 1 aliphatic heterocycles. The van der Waals surface area contributed by atoms with Crippen LogP contribution in [0.2, 0.25) is 0 Å². The number of benzene rings is 2. The van der Waals surface area contributed by atoms with Crippen molar-refractivity contribution in [3.8, 4) is 11.3 Å². The fourth-order valence-electron chi connectivity index (χ4n) is 3.37. The van der Waals surface area contributed by atoms with E-state index in [1.54, 1.807) is 31.2 Å². The Bertz CT molecular complexity index is 1270. The molecule has 2 heterocycles. The van der Waals surface area contributed by atoms with Gasteiger partial charge in [-0.1, -0.05) is 0 Å². The van der Waals surface area contributed by atoms with Gasteiger partial charge in [-0.15, -0.1) is 0 Å². The molecule has 3 aromatic rings. The molecule has 0 aliphatic carbocycles. The molecule has 0 bridgehead atoms. The topological polar surface area (TPSA) is 109 Å². The summed E-state index contributed by atoms with van der Waals surface area (Å²) < 4.78 is 5.94. The second-order valence-corrected chi connectivity index (χ2v) is 7.44. The molecule has 0 radical (unpaired) electrons. The van der Waals surface area contributed by atoms with Crippen molar-refractivity contribution in [3.63, 3.8) is 0 Å². The Balaban J connectivity index is 1.62. The Morgan fingerprint density at radius 1 is 1.06 bits per heavy atom. The number of furan rings is 1. The van der Waals surface area contributed by atoms with Gasteiger partial charge in [0.1, 0.15) is 11.5 Å². The first-order valence-corrected chi connectivity index (χ1v) is 9.66. The summed E-state index contributed by atoms with van der Waals surface area (Å²) in [4.78, 5) is 23.9. The maximum absolute atomic E-state index is 12.9. The maximum Gasteiger partial charge on any atom is 0.335 e. The van der Waals surface area contributed by atoms with Crippen LogP contribution in [0.15, 0.2) is 63.6 Å². The molecule has 1 amide bonds. The van der Waals surface area contributed by atoms with Crippen molar-refractivity contribution < 1.29 is 19.1 Å². The van der Waals surface area contributed by atoms with Crippen LogP contribution < -0.4 is 10.7 Å². The normalized spacial score (nSPS) is 14.9. The zero-order valence-electron chi connectivity index (χ0n) is 17.3. The molecule has 0 saturated carbocycles. The highest BCUT2D eigenvalue weighted by Gasteiger charge is 2.29. The number of anilines is 2. The van der Waals surface area contributed by atoms with E-state index in [1.807, 2.05) is 32.0 Å². The molecule has 0 fully saturated rings. The molecule has 7 nitrogen and oxygen atoms in total. The highest BCUT2D eigenvalue weighted by atomic mass is 16.4. The van der Waals surface area contributed by atoms with E-state index in [9.17, 15) is 9.59 Å². The van der Waals surface area contributed by atoms with Crippen molar-refractivity contribution in [2.45, 2.75) is 20.8 Å². The molecule has 1 aliphatic rings. The number of amides is 1. The van der Waals surface area contributed by atoms with Crippen LogP contribution in [0.3, 0.4) is 0 Å². The van der Waals surface area contributed by atoms with Crippen LogP contribution >= 0.6 is 0 Å². The SMILES string of the molecule is CC1=NN(c2ccc(C(=O)O)cc2)C(=O)/C1=C\c1ccc(-c2cc(C)c(C)cc2N)o1. The molecule has 31 heavy (non-hydrogen) atoms. The van der Waals surface area contributed by atoms with E-state index in [1.165, 1.54) is 17.1 Å². The van der Waals surface area contributed by atoms with Crippen LogP contribution in [0, 0.1) is 13.8 Å². The molecule has 7 heteroatoms. The number of aryl methyl sites for hydroxylation is 2. The molecule has 4 rings (SSSR count). The summed E-state index contributed by atoms with van der Waals surface area (Å²) in [5, 5.41) is 14.6. The van der Waals surface area contributed by atoms with Gasteiger partial charge in [-0.05, 0) is 86.5 Å². The van der Waals surface area contributed by atoms with Gasteiger partial charge in [0.15, 0.2) is 0 Å². The van der Waals surface area contributed by atoms with Crippen LogP contribution in [0.1, 0.15) is 34.2 Å². The molecule has 0 unspecified atom stereocenters. The monoisotopic (exact) mass is 415 g/mol. The smallest absolute Gasteiger partial charge is 0.335 e. The number of carboxylic acid groups (broad SMARTS) is 1. The van der Waals surface area contributed by atoms with Crippen molar-refractivity contribution in [2.24, 2.45) is 5.10 Å². The van der Waals surface area contributed by atoms with Gasteiger partial charge in [-0.25, -0.2) is 4.79 Å². The Morgan fingerprint density at radius 3 is 2.42 bits per heavy atom. The molecular weight excluding hydrogens is 394 g/mol. The van der Waals surface area contributed by atoms with E-state index in [0.29, 0.717) is 34.2 Å². The molecule has 0 saturated heterocycles. The lowest BCUT2D eigenvalue weighted by atomic mass is 10.0. The largest absolute Gasteiger partial charge is 0.478 e. The number of rotatable bonds is 4. The fourth-order valence-corrected chi connectivity index (χ4v) is 3.37. The van der Waals surface area contributed by atoms with Gasteiger partial charge in [0, 0.05) is 11.3 Å².